The van der Waals surface area contributed by atoms with E-state index >= 15 is 0 Å². The molecule has 1 aliphatic rings. The van der Waals surface area contributed by atoms with Crippen LogP contribution >= 0.6 is 11.8 Å². The van der Waals surface area contributed by atoms with Gasteiger partial charge in [-0.05, 0) is 18.1 Å². The van der Waals surface area contributed by atoms with Gasteiger partial charge in [0.1, 0.15) is 0 Å². The summed E-state index contributed by atoms with van der Waals surface area (Å²) in [7, 11) is 0. The van der Waals surface area contributed by atoms with Crippen LogP contribution < -0.4 is 0 Å². The van der Waals surface area contributed by atoms with Crippen molar-refractivity contribution >= 4 is 23.6 Å². The predicted octanol–water partition coefficient (Wildman–Crippen LogP) is 1.25. The van der Waals surface area contributed by atoms with Gasteiger partial charge in [-0.2, -0.15) is 11.8 Å². The number of carbonyl (C=O) groups is 2. The number of hydrogen-bond donors (Lipinski definition) is 2. The molecule has 0 aromatic heterocycles. The van der Waals surface area contributed by atoms with Gasteiger partial charge in [-0.3, -0.25) is 9.59 Å². The molecule has 1 aromatic rings. The number of aliphatic carboxylic acids is 1. The number of amides is 1. The van der Waals surface area contributed by atoms with Gasteiger partial charge in [-0.15, -0.1) is 0 Å². The SMILES string of the molecule is O=C(O)CCc1ccccc1C(=O)N1CCSC[C@H]1CO. The fourth-order valence-corrected chi connectivity index (χ4v) is 3.47. The maximum Gasteiger partial charge on any atom is 0.303 e. The first-order valence-electron chi connectivity index (χ1n) is 6.92. The van der Waals surface area contributed by atoms with Crippen LogP contribution in [0.5, 0.6) is 0 Å². The van der Waals surface area contributed by atoms with Crippen LogP contribution in [0.4, 0.5) is 0 Å². The van der Waals surface area contributed by atoms with Crippen LogP contribution in [0.3, 0.4) is 0 Å². The molecule has 114 valence electrons. The number of nitrogens with zero attached hydrogens (tertiary/aromatic N) is 1. The molecule has 1 saturated heterocycles. The Balaban J connectivity index is 2.19. The Hall–Kier alpha value is -1.53. The van der Waals surface area contributed by atoms with E-state index in [-0.39, 0.29) is 25.0 Å². The smallest absolute Gasteiger partial charge is 0.303 e. The quantitative estimate of drug-likeness (QED) is 0.856. The lowest BCUT2D eigenvalue weighted by Crippen LogP contribution is -2.48. The topological polar surface area (TPSA) is 77.8 Å². The molecule has 1 atom stereocenters. The maximum absolute atomic E-state index is 12.7. The second-order valence-electron chi connectivity index (χ2n) is 4.96. The van der Waals surface area contributed by atoms with E-state index in [1.165, 1.54) is 0 Å². The third kappa shape index (κ3) is 3.98. The fourth-order valence-electron chi connectivity index (χ4n) is 2.42. The molecule has 2 N–H and O–H groups in total. The zero-order valence-electron chi connectivity index (χ0n) is 11.7. The lowest BCUT2D eigenvalue weighted by molar-refractivity contribution is -0.136. The summed E-state index contributed by atoms with van der Waals surface area (Å²) in [6, 6.07) is 6.95. The van der Waals surface area contributed by atoms with Crippen LogP contribution in [0.15, 0.2) is 24.3 Å². The highest BCUT2D eigenvalue weighted by molar-refractivity contribution is 7.99. The predicted molar refractivity (Wildman–Crippen MR) is 81.6 cm³/mol. The van der Waals surface area contributed by atoms with Crippen LogP contribution in [0.25, 0.3) is 0 Å². The summed E-state index contributed by atoms with van der Waals surface area (Å²) in [5.41, 5.74) is 1.30. The fraction of sp³-hybridized carbons (Fsp3) is 0.467. The van der Waals surface area contributed by atoms with Crippen LogP contribution in [0.2, 0.25) is 0 Å². The first-order valence-corrected chi connectivity index (χ1v) is 8.08. The van der Waals surface area contributed by atoms with Crippen molar-refractivity contribution in [1.29, 1.82) is 0 Å². The summed E-state index contributed by atoms with van der Waals surface area (Å²) in [5, 5.41) is 18.2. The van der Waals surface area contributed by atoms with Crippen molar-refractivity contribution in [1.82, 2.24) is 4.90 Å². The number of carboxylic acids is 1. The molecule has 2 rings (SSSR count). The minimum Gasteiger partial charge on any atom is -0.481 e. The Morgan fingerprint density at radius 1 is 1.33 bits per heavy atom. The Morgan fingerprint density at radius 3 is 2.81 bits per heavy atom. The molecule has 0 aliphatic carbocycles. The third-order valence-corrected chi connectivity index (χ3v) is 4.65. The molecule has 1 aromatic carbocycles. The van der Waals surface area contributed by atoms with Crippen LogP contribution in [0.1, 0.15) is 22.3 Å². The highest BCUT2D eigenvalue weighted by Gasteiger charge is 2.28. The minimum atomic E-state index is -0.875. The van der Waals surface area contributed by atoms with Crippen molar-refractivity contribution in [3.63, 3.8) is 0 Å². The van der Waals surface area contributed by atoms with Crippen molar-refractivity contribution < 1.29 is 19.8 Å². The van der Waals surface area contributed by atoms with Crippen molar-refractivity contribution in [2.75, 3.05) is 24.7 Å². The lowest BCUT2D eigenvalue weighted by atomic mass is 10.0. The van der Waals surface area contributed by atoms with E-state index in [0.29, 0.717) is 18.5 Å². The van der Waals surface area contributed by atoms with Gasteiger partial charge in [0.05, 0.1) is 12.6 Å². The number of carbonyl (C=O) groups excluding carboxylic acids is 1. The number of rotatable bonds is 5. The second-order valence-corrected chi connectivity index (χ2v) is 6.11. The Morgan fingerprint density at radius 2 is 2.10 bits per heavy atom. The van der Waals surface area contributed by atoms with Crippen molar-refractivity contribution in [3.05, 3.63) is 35.4 Å². The van der Waals surface area contributed by atoms with Crippen molar-refractivity contribution in [3.8, 4) is 0 Å². The molecular weight excluding hydrogens is 290 g/mol. The minimum absolute atomic E-state index is 0.00355. The summed E-state index contributed by atoms with van der Waals surface area (Å²) < 4.78 is 0. The molecule has 0 radical (unpaired) electrons. The molecule has 0 spiro atoms. The molecule has 1 heterocycles. The molecular formula is C15H19NO4S. The highest BCUT2D eigenvalue weighted by Crippen LogP contribution is 2.21. The van der Waals surface area contributed by atoms with E-state index in [1.54, 1.807) is 34.9 Å². The number of aliphatic hydroxyl groups excluding tert-OH is 1. The number of carboxylic acid groups (broad SMARTS) is 1. The van der Waals surface area contributed by atoms with Crippen LogP contribution in [-0.2, 0) is 11.2 Å². The number of aliphatic hydroxyl groups is 1. The summed E-state index contributed by atoms with van der Waals surface area (Å²) >= 11 is 1.73. The standard InChI is InChI=1S/C15H19NO4S/c17-9-12-10-21-8-7-16(12)15(20)13-4-2-1-3-11(13)5-6-14(18)19/h1-4,12,17H,5-10H2,(H,18,19)/t12-/m1/s1. The van der Waals surface area contributed by atoms with Crippen molar-refractivity contribution in [2.24, 2.45) is 0 Å². The van der Waals surface area contributed by atoms with Gasteiger partial charge in [0.2, 0.25) is 0 Å². The first-order chi connectivity index (χ1) is 10.1. The van der Waals surface area contributed by atoms with Crippen molar-refractivity contribution in [2.45, 2.75) is 18.9 Å². The molecule has 0 bridgehead atoms. The van der Waals surface area contributed by atoms with Gasteiger partial charge in [0, 0.05) is 30.0 Å². The van der Waals surface area contributed by atoms with E-state index < -0.39 is 5.97 Å². The van der Waals surface area contributed by atoms with E-state index in [2.05, 4.69) is 0 Å². The molecule has 1 fully saturated rings. The summed E-state index contributed by atoms with van der Waals surface area (Å²) in [4.78, 5) is 25.1. The van der Waals surface area contributed by atoms with Gasteiger partial charge in [-0.1, -0.05) is 18.2 Å². The van der Waals surface area contributed by atoms with Crippen LogP contribution in [0, 0.1) is 0 Å². The van der Waals surface area contributed by atoms with Gasteiger partial charge in [-0.25, -0.2) is 0 Å². The van der Waals surface area contributed by atoms with Gasteiger partial charge in [0.15, 0.2) is 0 Å². The van der Waals surface area contributed by atoms with Gasteiger partial charge < -0.3 is 15.1 Å². The van der Waals surface area contributed by atoms with E-state index in [9.17, 15) is 14.7 Å². The molecule has 21 heavy (non-hydrogen) atoms. The average Bonchev–Trinajstić information content (AvgIpc) is 2.52. The van der Waals surface area contributed by atoms with E-state index in [0.717, 1.165) is 17.1 Å². The number of aryl methyl sites for hydroxylation is 1. The highest BCUT2D eigenvalue weighted by atomic mass is 32.2. The summed E-state index contributed by atoms with van der Waals surface area (Å²) in [6.45, 7) is 0.567. The van der Waals surface area contributed by atoms with E-state index in [1.807, 2.05) is 6.07 Å². The number of hydrogen-bond acceptors (Lipinski definition) is 4. The summed E-state index contributed by atoms with van der Waals surface area (Å²) in [6.07, 6.45) is 0.340. The largest absolute Gasteiger partial charge is 0.481 e. The number of thioether (sulfide) groups is 1. The second kappa shape index (κ2) is 7.47. The molecule has 5 nitrogen and oxygen atoms in total. The van der Waals surface area contributed by atoms with Gasteiger partial charge in [0.25, 0.3) is 5.91 Å². The first kappa shape index (κ1) is 15.9. The zero-order chi connectivity index (χ0) is 15.2. The van der Waals surface area contributed by atoms with Gasteiger partial charge >= 0.3 is 5.97 Å². The Bertz CT molecular complexity index is 520. The molecule has 1 amide bonds. The number of benzene rings is 1. The Labute approximate surface area is 128 Å². The molecule has 0 unspecified atom stereocenters. The molecule has 1 aliphatic heterocycles. The normalized spacial score (nSPS) is 18.5. The molecule has 0 saturated carbocycles. The monoisotopic (exact) mass is 309 g/mol. The maximum atomic E-state index is 12.7. The summed E-state index contributed by atoms with van der Waals surface area (Å²) in [5.74, 6) is 0.606. The average molecular weight is 309 g/mol. The third-order valence-electron chi connectivity index (χ3n) is 3.56. The molecule has 6 heteroatoms. The van der Waals surface area contributed by atoms with E-state index in [4.69, 9.17) is 5.11 Å². The van der Waals surface area contributed by atoms with Crippen LogP contribution in [-0.4, -0.2) is 57.7 Å². The lowest BCUT2D eigenvalue weighted by Gasteiger charge is -2.34. The Kier molecular flexibility index (Phi) is 5.64. The zero-order valence-corrected chi connectivity index (χ0v) is 12.5.